The summed E-state index contributed by atoms with van der Waals surface area (Å²) < 4.78 is 36.1. The Morgan fingerprint density at radius 3 is 2.26 bits per heavy atom. The third kappa shape index (κ3) is 2.51. The number of hydrogen-bond donors (Lipinski definition) is 1. The maximum Gasteiger partial charge on any atom is 0.417 e. The highest BCUT2D eigenvalue weighted by atomic mass is 35.5. The maximum absolute atomic E-state index is 12.5. The van der Waals surface area contributed by atoms with E-state index in [2.05, 4.69) is 0 Å². The molecule has 0 aliphatic heterocycles. The van der Waals surface area contributed by atoms with E-state index in [1.807, 2.05) is 0 Å². The molecule has 0 bridgehead atoms. The molecule has 2 rings (SSSR count). The molecule has 0 spiro atoms. The molecular formula is C11H6Cl3F3O2. The lowest BCUT2D eigenvalue weighted by atomic mass is 10.1. The van der Waals surface area contributed by atoms with Crippen LogP contribution in [0.25, 0.3) is 0 Å². The van der Waals surface area contributed by atoms with Crippen LogP contribution < -0.4 is 0 Å². The van der Waals surface area contributed by atoms with Gasteiger partial charge < -0.3 is 5.11 Å². The first-order valence-electron chi connectivity index (χ1n) is 5.04. The number of rotatable bonds is 2. The molecule has 8 heteroatoms. The molecule has 0 saturated heterocycles. The summed E-state index contributed by atoms with van der Waals surface area (Å²) >= 11 is 17.2. The molecule has 0 radical (unpaired) electrons. The number of hydrogen-bond acceptors (Lipinski definition) is 1. The predicted molar refractivity (Wildman–Crippen MR) is 64.8 cm³/mol. The second-order valence-corrected chi connectivity index (χ2v) is 6.06. The molecule has 0 unspecified atom stereocenters. The van der Waals surface area contributed by atoms with Gasteiger partial charge in [-0.2, -0.15) is 13.2 Å². The van der Waals surface area contributed by atoms with Crippen molar-refractivity contribution < 1.29 is 23.1 Å². The Kier molecular flexibility index (Phi) is 3.44. The van der Waals surface area contributed by atoms with Crippen molar-refractivity contribution in [3.63, 3.8) is 0 Å². The Labute approximate surface area is 121 Å². The Morgan fingerprint density at radius 2 is 1.89 bits per heavy atom. The number of carbonyl (C=O) groups is 1. The Balaban J connectivity index is 2.35. The molecule has 1 aromatic rings. The minimum atomic E-state index is -4.57. The quantitative estimate of drug-likeness (QED) is 0.818. The molecule has 1 aliphatic rings. The summed E-state index contributed by atoms with van der Waals surface area (Å²) in [6, 6.07) is 2.98. The minimum Gasteiger partial charge on any atom is -0.481 e. The van der Waals surface area contributed by atoms with Crippen molar-refractivity contribution in [2.75, 3.05) is 0 Å². The fraction of sp³-hybridized carbons (Fsp3) is 0.364. The zero-order valence-electron chi connectivity index (χ0n) is 9.01. The van der Waals surface area contributed by atoms with Crippen LogP contribution in [0.3, 0.4) is 0 Å². The van der Waals surface area contributed by atoms with E-state index in [1.54, 1.807) is 0 Å². The van der Waals surface area contributed by atoms with Crippen LogP contribution in [0.4, 0.5) is 13.2 Å². The van der Waals surface area contributed by atoms with Gasteiger partial charge in [0, 0.05) is 5.92 Å². The summed E-state index contributed by atoms with van der Waals surface area (Å²) in [6.45, 7) is 0. The van der Waals surface area contributed by atoms with E-state index in [1.165, 1.54) is 0 Å². The van der Waals surface area contributed by atoms with Gasteiger partial charge in [0.2, 0.25) is 0 Å². The summed E-state index contributed by atoms with van der Waals surface area (Å²) in [6.07, 6.45) is -4.57. The van der Waals surface area contributed by atoms with E-state index >= 15 is 0 Å². The van der Waals surface area contributed by atoms with E-state index < -0.39 is 38.9 Å². The summed E-state index contributed by atoms with van der Waals surface area (Å²) in [7, 11) is 0. The van der Waals surface area contributed by atoms with Gasteiger partial charge in [-0.25, -0.2) is 0 Å². The van der Waals surface area contributed by atoms with Crippen LogP contribution in [-0.2, 0) is 11.0 Å². The monoisotopic (exact) mass is 332 g/mol. The number of carboxylic acid groups (broad SMARTS) is 1. The van der Waals surface area contributed by atoms with Crippen molar-refractivity contribution in [3.8, 4) is 0 Å². The van der Waals surface area contributed by atoms with Crippen molar-refractivity contribution >= 4 is 40.8 Å². The van der Waals surface area contributed by atoms with Crippen LogP contribution >= 0.6 is 34.8 Å². The third-order valence-electron chi connectivity index (χ3n) is 2.98. The summed E-state index contributed by atoms with van der Waals surface area (Å²) in [5, 5.41) is 8.38. The molecule has 19 heavy (non-hydrogen) atoms. The molecule has 1 fully saturated rings. The van der Waals surface area contributed by atoms with Gasteiger partial charge in [-0.1, -0.05) is 40.9 Å². The van der Waals surface area contributed by atoms with Crippen molar-refractivity contribution in [1.29, 1.82) is 0 Å². The zero-order chi connectivity index (χ0) is 14.6. The first kappa shape index (κ1) is 14.8. The first-order valence-corrected chi connectivity index (χ1v) is 6.17. The third-order valence-corrected chi connectivity index (χ3v) is 4.23. The molecule has 1 saturated carbocycles. The van der Waals surface area contributed by atoms with Gasteiger partial charge >= 0.3 is 12.1 Å². The number of aliphatic carboxylic acids is 1. The predicted octanol–water partition coefficient (Wildman–Crippen LogP) is 4.33. The highest BCUT2D eigenvalue weighted by Crippen LogP contribution is 2.65. The minimum absolute atomic E-state index is 0.274. The lowest BCUT2D eigenvalue weighted by Crippen LogP contribution is -2.06. The Bertz CT molecular complexity index is 542. The lowest BCUT2D eigenvalue weighted by molar-refractivity contribution is -0.139. The molecule has 0 aromatic heterocycles. The molecule has 1 N–H and O–H groups in total. The molecule has 1 aliphatic carbocycles. The molecule has 0 amide bonds. The van der Waals surface area contributed by atoms with Crippen LogP contribution in [0.15, 0.2) is 18.2 Å². The lowest BCUT2D eigenvalue weighted by Gasteiger charge is -2.10. The molecular weight excluding hydrogens is 327 g/mol. The second-order valence-electron chi connectivity index (χ2n) is 4.21. The van der Waals surface area contributed by atoms with Crippen molar-refractivity contribution in [2.24, 2.45) is 5.92 Å². The largest absolute Gasteiger partial charge is 0.481 e. The van der Waals surface area contributed by atoms with E-state index in [4.69, 9.17) is 39.9 Å². The van der Waals surface area contributed by atoms with Crippen LogP contribution in [0.1, 0.15) is 17.0 Å². The van der Waals surface area contributed by atoms with Crippen molar-refractivity contribution in [2.45, 2.75) is 16.4 Å². The second kappa shape index (κ2) is 4.43. The van der Waals surface area contributed by atoms with E-state index in [-0.39, 0.29) is 5.56 Å². The average Bonchev–Trinajstić information content (AvgIpc) is 2.79. The van der Waals surface area contributed by atoms with Crippen molar-refractivity contribution in [1.82, 2.24) is 0 Å². The summed E-state index contributed by atoms with van der Waals surface area (Å²) in [5.74, 6) is -3.03. The molecule has 104 valence electrons. The molecule has 2 nitrogen and oxygen atoms in total. The Morgan fingerprint density at radius 1 is 1.32 bits per heavy atom. The van der Waals surface area contributed by atoms with E-state index in [9.17, 15) is 18.0 Å². The fourth-order valence-corrected chi connectivity index (χ4v) is 3.12. The van der Waals surface area contributed by atoms with Crippen LogP contribution in [0.5, 0.6) is 0 Å². The Hall–Kier alpha value is -0.650. The topological polar surface area (TPSA) is 37.3 Å². The van der Waals surface area contributed by atoms with Gasteiger partial charge in [0.15, 0.2) is 0 Å². The standard InChI is InChI=1S/C11H6Cl3F3O2/c12-6-3-4(1-2-5(6)11(15,16)17)7-8(9(18)19)10(7,13)14/h1-3,7-8H,(H,18,19)/t7-,8+/m1/s1. The van der Waals surface area contributed by atoms with Crippen LogP contribution in [0.2, 0.25) is 5.02 Å². The zero-order valence-corrected chi connectivity index (χ0v) is 11.3. The number of alkyl halides is 5. The van der Waals surface area contributed by atoms with Gasteiger partial charge in [0.1, 0.15) is 4.33 Å². The highest BCUT2D eigenvalue weighted by molar-refractivity contribution is 6.53. The number of carboxylic acids is 1. The summed E-state index contributed by atoms with van der Waals surface area (Å²) in [5.41, 5.74) is -0.712. The maximum atomic E-state index is 12.5. The van der Waals surface area contributed by atoms with Crippen molar-refractivity contribution in [3.05, 3.63) is 34.3 Å². The van der Waals surface area contributed by atoms with Crippen LogP contribution in [0, 0.1) is 5.92 Å². The molecule has 2 atom stereocenters. The average molecular weight is 334 g/mol. The van der Waals surface area contributed by atoms with E-state index in [0.29, 0.717) is 0 Å². The van der Waals surface area contributed by atoms with Crippen LogP contribution in [-0.4, -0.2) is 15.4 Å². The number of benzene rings is 1. The highest BCUT2D eigenvalue weighted by Gasteiger charge is 2.68. The van der Waals surface area contributed by atoms with Gasteiger partial charge in [0.05, 0.1) is 16.5 Å². The van der Waals surface area contributed by atoms with Gasteiger partial charge in [-0.15, -0.1) is 0 Å². The molecule has 0 heterocycles. The van der Waals surface area contributed by atoms with Gasteiger partial charge in [0.25, 0.3) is 0 Å². The molecule has 1 aromatic carbocycles. The normalized spacial score (nSPS) is 25.2. The smallest absolute Gasteiger partial charge is 0.417 e. The van der Waals surface area contributed by atoms with Gasteiger partial charge in [-0.05, 0) is 17.7 Å². The SMILES string of the molecule is O=C(O)[C@@H]1[C@@H](c2ccc(C(F)(F)F)c(Cl)c2)C1(Cl)Cl. The van der Waals surface area contributed by atoms with E-state index in [0.717, 1.165) is 18.2 Å². The van der Waals surface area contributed by atoms with Gasteiger partial charge in [-0.3, -0.25) is 4.79 Å². The number of halogens is 6. The fourth-order valence-electron chi connectivity index (χ4n) is 2.00. The summed E-state index contributed by atoms with van der Waals surface area (Å²) in [4.78, 5) is 10.9. The first-order chi connectivity index (χ1) is 8.56.